The van der Waals surface area contributed by atoms with Crippen LogP contribution in [0.25, 0.3) is 0 Å². The maximum atomic E-state index is 13.2. The van der Waals surface area contributed by atoms with Crippen LogP contribution in [0.3, 0.4) is 0 Å². The van der Waals surface area contributed by atoms with Crippen molar-refractivity contribution in [2.24, 2.45) is 0 Å². The molecular formula is C20H18FN3O2S. The predicted octanol–water partition coefficient (Wildman–Crippen LogP) is 4.21. The van der Waals surface area contributed by atoms with Gasteiger partial charge in [0, 0.05) is 11.3 Å². The van der Waals surface area contributed by atoms with Crippen LogP contribution >= 0.6 is 11.8 Å². The van der Waals surface area contributed by atoms with Gasteiger partial charge in [-0.1, -0.05) is 24.3 Å². The number of aryl methyl sites for hydroxylation is 1. The zero-order chi connectivity index (χ0) is 18.8. The van der Waals surface area contributed by atoms with Gasteiger partial charge in [0.2, 0.25) is 5.91 Å². The largest absolute Gasteiger partial charge is 0.489 e. The number of hydrogen-bond donors (Lipinski definition) is 2. The summed E-state index contributed by atoms with van der Waals surface area (Å²) in [6, 6.07) is 14.1. The first-order valence-corrected chi connectivity index (χ1v) is 9.58. The lowest BCUT2D eigenvalue weighted by atomic mass is 10.0. The number of fused-ring (bicyclic) bond motifs is 1. The van der Waals surface area contributed by atoms with Gasteiger partial charge in [0.25, 0.3) is 0 Å². The van der Waals surface area contributed by atoms with Gasteiger partial charge in [-0.3, -0.25) is 9.89 Å². The van der Waals surface area contributed by atoms with Crippen molar-refractivity contribution in [3.05, 3.63) is 76.7 Å². The van der Waals surface area contributed by atoms with Crippen LogP contribution in [-0.2, 0) is 11.4 Å². The molecule has 0 aliphatic carbocycles. The van der Waals surface area contributed by atoms with E-state index in [-0.39, 0.29) is 17.0 Å². The van der Waals surface area contributed by atoms with Crippen LogP contribution in [0.2, 0.25) is 0 Å². The number of anilines is 1. The molecule has 2 N–H and O–H groups in total. The van der Waals surface area contributed by atoms with Crippen molar-refractivity contribution in [1.82, 2.24) is 10.2 Å². The topological polar surface area (TPSA) is 67.0 Å². The van der Waals surface area contributed by atoms with Gasteiger partial charge in [-0.15, -0.1) is 11.8 Å². The average Bonchev–Trinajstić information content (AvgIpc) is 2.92. The number of nitrogens with zero attached hydrogens (tertiary/aromatic N) is 1. The second kappa shape index (κ2) is 7.44. The van der Waals surface area contributed by atoms with Crippen LogP contribution in [-0.4, -0.2) is 21.9 Å². The molecule has 0 spiro atoms. The number of carbonyl (C=O) groups excluding carboxylic acids is 1. The van der Waals surface area contributed by atoms with Crippen molar-refractivity contribution in [2.45, 2.75) is 18.8 Å². The molecule has 1 aliphatic heterocycles. The van der Waals surface area contributed by atoms with Crippen LogP contribution in [0.5, 0.6) is 5.75 Å². The highest BCUT2D eigenvalue weighted by Crippen LogP contribution is 2.42. The molecule has 1 atom stereocenters. The Morgan fingerprint density at radius 3 is 2.85 bits per heavy atom. The summed E-state index contributed by atoms with van der Waals surface area (Å²) in [4.78, 5) is 11.9. The summed E-state index contributed by atoms with van der Waals surface area (Å²) in [7, 11) is 0. The Labute approximate surface area is 160 Å². The number of nitrogens with one attached hydrogen (secondary N) is 2. The predicted molar refractivity (Wildman–Crippen MR) is 103 cm³/mol. The first-order chi connectivity index (χ1) is 13.1. The quantitative estimate of drug-likeness (QED) is 0.708. The molecule has 1 aromatic heterocycles. The van der Waals surface area contributed by atoms with Gasteiger partial charge < -0.3 is 10.1 Å². The van der Waals surface area contributed by atoms with Crippen LogP contribution in [0, 0.1) is 12.7 Å². The molecule has 3 aromatic rings. The van der Waals surface area contributed by atoms with E-state index in [4.69, 9.17) is 4.74 Å². The number of halogens is 1. The molecule has 0 unspecified atom stereocenters. The summed E-state index contributed by atoms with van der Waals surface area (Å²) in [5, 5.41) is 10.0. The number of amides is 1. The van der Waals surface area contributed by atoms with Crippen LogP contribution < -0.4 is 10.1 Å². The first-order valence-electron chi connectivity index (χ1n) is 8.53. The van der Waals surface area contributed by atoms with Gasteiger partial charge in [0.15, 0.2) is 5.82 Å². The third-order valence-corrected chi connectivity index (χ3v) is 5.64. The Balaban J connectivity index is 1.52. The number of H-pyrrole nitrogens is 1. The minimum Gasteiger partial charge on any atom is -0.489 e. The number of benzene rings is 2. The third-order valence-electron chi connectivity index (χ3n) is 4.37. The molecule has 7 heteroatoms. The maximum Gasteiger partial charge on any atom is 0.235 e. The monoisotopic (exact) mass is 383 g/mol. The van der Waals surface area contributed by atoms with Crippen molar-refractivity contribution in [2.75, 3.05) is 11.1 Å². The molecule has 2 aromatic carbocycles. The zero-order valence-corrected chi connectivity index (χ0v) is 15.5. The number of aromatic nitrogens is 2. The third kappa shape index (κ3) is 3.83. The maximum absolute atomic E-state index is 13.2. The van der Waals surface area contributed by atoms with Gasteiger partial charge in [0.1, 0.15) is 18.2 Å². The lowest BCUT2D eigenvalue weighted by Gasteiger charge is -2.16. The Morgan fingerprint density at radius 2 is 2.07 bits per heavy atom. The highest BCUT2D eigenvalue weighted by molar-refractivity contribution is 8.00. The molecular weight excluding hydrogens is 365 g/mol. The molecule has 0 radical (unpaired) electrons. The summed E-state index contributed by atoms with van der Waals surface area (Å²) in [5.74, 6) is 1.36. The lowest BCUT2D eigenvalue weighted by molar-refractivity contribution is -0.113. The molecule has 0 saturated carbocycles. The van der Waals surface area contributed by atoms with Crippen molar-refractivity contribution >= 4 is 23.5 Å². The fourth-order valence-corrected chi connectivity index (χ4v) is 4.25. The summed E-state index contributed by atoms with van der Waals surface area (Å²) in [5.41, 5.74) is 3.79. The highest BCUT2D eigenvalue weighted by Gasteiger charge is 2.28. The normalized spacial score (nSPS) is 16.4. The van der Waals surface area contributed by atoms with E-state index in [1.54, 1.807) is 17.8 Å². The van der Waals surface area contributed by atoms with Crippen molar-refractivity contribution in [1.29, 1.82) is 0 Å². The summed E-state index contributed by atoms with van der Waals surface area (Å²) < 4.78 is 19.0. The fourth-order valence-electron chi connectivity index (χ4n) is 3.06. The Hall–Kier alpha value is -2.80. The van der Waals surface area contributed by atoms with Crippen LogP contribution in [0.4, 0.5) is 10.2 Å². The van der Waals surface area contributed by atoms with Gasteiger partial charge in [-0.05, 0) is 42.3 Å². The van der Waals surface area contributed by atoms with E-state index in [9.17, 15) is 9.18 Å². The molecule has 27 heavy (non-hydrogen) atoms. The summed E-state index contributed by atoms with van der Waals surface area (Å²) in [6.07, 6.45) is 0. The van der Waals surface area contributed by atoms with Gasteiger partial charge in [0.05, 0.1) is 11.0 Å². The Kier molecular flexibility index (Phi) is 4.85. The Bertz CT molecular complexity index is 972. The van der Waals surface area contributed by atoms with E-state index >= 15 is 0 Å². The molecule has 5 nitrogen and oxygen atoms in total. The van der Waals surface area contributed by atoms with Gasteiger partial charge in [-0.2, -0.15) is 5.10 Å². The van der Waals surface area contributed by atoms with Crippen LogP contribution in [0.15, 0.2) is 48.5 Å². The zero-order valence-electron chi connectivity index (χ0n) is 14.7. The SMILES string of the molecule is Cc1[nH]nc2c1[C@@H](c1ccc(OCc3cccc(F)c3)cc1)SCC(=O)N2. The summed E-state index contributed by atoms with van der Waals surface area (Å²) in [6.45, 7) is 2.26. The number of hydrogen-bond acceptors (Lipinski definition) is 4. The fraction of sp³-hybridized carbons (Fsp3) is 0.200. The van der Waals surface area contributed by atoms with E-state index < -0.39 is 0 Å². The molecule has 0 saturated heterocycles. The number of rotatable bonds is 4. The molecule has 4 rings (SSSR count). The number of carbonyl (C=O) groups is 1. The second-order valence-electron chi connectivity index (χ2n) is 6.34. The molecule has 1 aliphatic rings. The summed E-state index contributed by atoms with van der Waals surface area (Å²) >= 11 is 1.57. The number of aromatic amines is 1. The average molecular weight is 383 g/mol. The minimum atomic E-state index is -0.272. The lowest BCUT2D eigenvalue weighted by Crippen LogP contribution is -2.12. The standard InChI is InChI=1S/C20H18FN3O2S/c1-12-18-19(27-11-17(25)22-20(18)24-23-12)14-5-7-16(8-6-14)26-10-13-3-2-4-15(21)9-13/h2-9,19H,10-11H2,1H3,(H2,22,23,24,25)/t19-/m1/s1. The second-order valence-corrected chi connectivity index (χ2v) is 7.43. The number of thioether (sulfide) groups is 1. The minimum absolute atomic E-state index is 0.00923. The van der Waals surface area contributed by atoms with Crippen molar-refractivity contribution < 1.29 is 13.9 Å². The Morgan fingerprint density at radius 1 is 1.26 bits per heavy atom. The van der Waals surface area contributed by atoms with Crippen molar-refractivity contribution in [3.8, 4) is 5.75 Å². The number of ether oxygens (including phenoxy) is 1. The molecule has 0 fully saturated rings. The van der Waals surface area contributed by atoms with E-state index in [1.165, 1.54) is 12.1 Å². The van der Waals surface area contributed by atoms with E-state index in [0.29, 0.717) is 23.9 Å². The van der Waals surface area contributed by atoms with Crippen LogP contribution in [0.1, 0.15) is 27.6 Å². The van der Waals surface area contributed by atoms with Crippen molar-refractivity contribution in [3.63, 3.8) is 0 Å². The highest BCUT2D eigenvalue weighted by atomic mass is 32.2. The van der Waals surface area contributed by atoms with Gasteiger partial charge in [-0.25, -0.2) is 4.39 Å². The molecule has 1 amide bonds. The smallest absolute Gasteiger partial charge is 0.235 e. The van der Waals surface area contributed by atoms with E-state index in [0.717, 1.165) is 22.4 Å². The van der Waals surface area contributed by atoms with Gasteiger partial charge >= 0.3 is 0 Å². The van der Waals surface area contributed by atoms with E-state index in [1.807, 2.05) is 37.3 Å². The molecule has 0 bridgehead atoms. The molecule has 138 valence electrons. The first kappa shape index (κ1) is 17.6. The molecule has 2 heterocycles. The van der Waals surface area contributed by atoms with E-state index in [2.05, 4.69) is 15.5 Å².